The molecule has 3 aromatic rings. The number of hydrogen-bond acceptors (Lipinski definition) is 0. The van der Waals surface area contributed by atoms with Crippen LogP contribution in [0.15, 0.2) is 48.5 Å². The molecule has 0 aromatic heterocycles. The zero-order valence-electron chi connectivity index (χ0n) is 16.6. The highest BCUT2D eigenvalue weighted by Crippen LogP contribution is 2.55. The standard InChI is InChI=1S/C24H24B2/c1-23(2)19-9-13(25)5-7-15(19)17-12-22-18(11-21(17)23)16-8-6-14(26)10-20(16)24(22,3)4/h5-12H,25-26H2,1-4H3. The summed E-state index contributed by atoms with van der Waals surface area (Å²) in [6.45, 7) is 9.50. The fourth-order valence-electron chi connectivity index (χ4n) is 5.19. The van der Waals surface area contributed by atoms with Crippen LogP contribution in [0.25, 0.3) is 22.3 Å². The normalized spacial score (nSPS) is 17.4. The second kappa shape index (κ2) is 4.74. The van der Waals surface area contributed by atoms with Gasteiger partial charge in [-0.1, -0.05) is 75.0 Å². The van der Waals surface area contributed by atoms with E-state index in [1.54, 1.807) is 0 Å². The number of benzene rings is 3. The smallest absolute Gasteiger partial charge is 0.0886 e. The molecule has 5 rings (SSSR count). The van der Waals surface area contributed by atoms with E-state index in [9.17, 15) is 0 Å². The predicted octanol–water partition coefficient (Wildman–Crippen LogP) is 2.82. The quantitative estimate of drug-likeness (QED) is 0.555. The van der Waals surface area contributed by atoms with Crippen LogP contribution in [0.4, 0.5) is 0 Å². The van der Waals surface area contributed by atoms with Crippen LogP contribution >= 0.6 is 0 Å². The lowest BCUT2D eigenvalue weighted by atomic mass is 9.78. The summed E-state index contributed by atoms with van der Waals surface area (Å²) < 4.78 is 0. The van der Waals surface area contributed by atoms with Crippen molar-refractivity contribution in [1.82, 2.24) is 0 Å². The first-order valence-corrected chi connectivity index (χ1v) is 9.63. The van der Waals surface area contributed by atoms with Crippen molar-refractivity contribution < 1.29 is 0 Å². The van der Waals surface area contributed by atoms with Crippen LogP contribution in [0, 0.1) is 0 Å². The highest BCUT2D eigenvalue weighted by atomic mass is 14.4. The minimum Gasteiger partial charge on any atom is -0.0886 e. The molecular formula is C24H24B2. The molecule has 0 fully saturated rings. The van der Waals surface area contributed by atoms with Gasteiger partial charge >= 0.3 is 0 Å². The van der Waals surface area contributed by atoms with E-state index in [2.05, 4.69) is 91.9 Å². The first-order valence-electron chi connectivity index (χ1n) is 9.63. The maximum absolute atomic E-state index is 2.49. The van der Waals surface area contributed by atoms with Gasteiger partial charge in [0.2, 0.25) is 0 Å². The summed E-state index contributed by atoms with van der Waals surface area (Å²) in [5.41, 5.74) is 14.4. The lowest BCUT2D eigenvalue weighted by Gasteiger charge is -2.24. The van der Waals surface area contributed by atoms with Crippen LogP contribution in [0.3, 0.4) is 0 Å². The second-order valence-electron chi connectivity index (χ2n) is 9.29. The molecule has 0 spiro atoms. The van der Waals surface area contributed by atoms with Gasteiger partial charge in [-0.25, -0.2) is 0 Å². The maximum atomic E-state index is 2.49. The third-order valence-electron chi connectivity index (χ3n) is 6.78. The van der Waals surface area contributed by atoms with E-state index in [-0.39, 0.29) is 10.8 Å². The predicted molar refractivity (Wildman–Crippen MR) is 118 cm³/mol. The van der Waals surface area contributed by atoms with Gasteiger partial charge in [-0.05, 0) is 56.6 Å². The molecule has 0 N–H and O–H groups in total. The van der Waals surface area contributed by atoms with Crippen LogP contribution < -0.4 is 10.9 Å². The van der Waals surface area contributed by atoms with Crippen molar-refractivity contribution in [3.8, 4) is 22.3 Å². The summed E-state index contributed by atoms with van der Waals surface area (Å²) in [6.07, 6.45) is 0. The Balaban J connectivity index is 1.84. The van der Waals surface area contributed by atoms with Crippen LogP contribution in [0.2, 0.25) is 0 Å². The monoisotopic (exact) mass is 334 g/mol. The van der Waals surface area contributed by atoms with E-state index in [0.717, 1.165) is 0 Å². The topological polar surface area (TPSA) is 0 Å². The van der Waals surface area contributed by atoms with E-state index in [0.29, 0.717) is 0 Å². The highest BCUT2D eigenvalue weighted by Gasteiger charge is 2.41. The summed E-state index contributed by atoms with van der Waals surface area (Å²) in [6, 6.07) is 18.9. The molecule has 2 aliphatic rings. The van der Waals surface area contributed by atoms with Crippen molar-refractivity contribution >= 4 is 26.6 Å². The largest absolute Gasteiger partial charge is 0.139 e. The van der Waals surface area contributed by atoms with Crippen LogP contribution in [-0.2, 0) is 10.8 Å². The molecule has 2 aliphatic carbocycles. The number of fused-ring (bicyclic) bond motifs is 6. The van der Waals surface area contributed by atoms with Crippen molar-refractivity contribution in [3.05, 3.63) is 70.8 Å². The summed E-state index contributed by atoms with van der Waals surface area (Å²) in [5.74, 6) is 0. The Labute approximate surface area is 158 Å². The van der Waals surface area contributed by atoms with Gasteiger partial charge in [-0.3, -0.25) is 0 Å². The van der Waals surface area contributed by atoms with Gasteiger partial charge in [0.25, 0.3) is 0 Å². The molecule has 2 heteroatoms. The average Bonchev–Trinajstić information content (AvgIpc) is 2.93. The Morgan fingerprint density at radius 1 is 0.500 bits per heavy atom. The zero-order chi connectivity index (χ0) is 18.4. The molecule has 126 valence electrons. The second-order valence-corrected chi connectivity index (χ2v) is 9.29. The molecule has 0 nitrogen and oxygen atoms in total. The Hall–Kier alpha value is -2.21. The number of hydrogen-bond donors (Lipinski definition) is 0. The average molecular weight is 334 g/mol. The summed E-state index contributed by atoms with van der Waals surface area (Å²) >= 11 is 0. The molecule has 0 radical (unpaired) electrons. The van der Waals surface area contributed by atoms with E-state index in [1.807, 2.05) is 0 Å². The summed E-state index contributed by atoms with van der Waals surface area (Å²) in [7, 11) is 4.39. The molecule has 0 amide bonds. The van der Waals surface area contributed by atoms with Gasteiger partial charge in [0, 0.05) is 10.8 Å². The molecule has 0 saturated heterocycles. The van der Waals surface area contributed by atoms with Gasteiger partial charge in [0.15, 0.2) is 0 Å². The lowest BCUT2D eigenvalue weighted by Crippen LogP contribution is -2.18. The maximum Gasteiger partial charge on any atom is 0.139 e. The highest BCUT2D eigenvalue weighted by molar-refractivity contribution is 6.33. The van der Waals surface area contributed by atoms with Crippen molar-refractivity contribution in [3.63, 3.8) is 0 Å². The van der Waals surface area contributed by atoms with Gasteiger partial charge in [-0.2, -0.15) is 0 Å². The fraction of sp³-hybridized carbons (Fsp3) is 0.250. The van der Waals surface area contributed by atoms with Gasteiger partial charge in [0.1, 0.15) is 15.7 Å². The van der Waals surface area contributed by atoms with E-state index < -0.39 is 0 Å². The van der Waals surface area contributed by atoms with E-state index >= 15 is 0 Å². The molecule has 0 aliphatic heterocycles. The van der Waals surface area contributed by atoms with Crippen molar-refractivity contribution in [1.29, 1.82) is 0 Å². The van der Waals surface area contributed by atoms with E-state index in [1.165, 1.54) is 55.4 Å². The van der Waals surface area contributed by atoms with Crippen molar-refractivity contribution in [2.24, 2.45) is 0 Å². The Kier molecular flexibility index (Phi) is 2.92. The third-order valence-corrected chi connectivity index (χ3v) is 6.78. The number of rotatable bonds is 0. The van der Waals surface area contributed by atoms with E-state index in [4.69, 9.17) is 0 Å². The molecule has 0 atom stereocenters. The lowest BCUT2D eigenvalue weighted by molar-refractivity contribution is 0.652. The Morgan fingerprint density at radius 3 is 1.23 bits per heavy atom. The van der Waals surface area contributed by atoms with Crippen molar-refractivity contribution in [2.45, 2.75) is 38.5 Å². The molecule has 0 saturated carbocycles. The minimum absolute atomic E-state index is 0.0588. The Bertz CT molecular complexity index is 1010. The first kappa shape index (κ1) is 16.0. The van der Waals surface area contributed by atoms with Gasteiger partial charge in [-0.15, -0.1) is 0 Å². The fourth-order valence-corrected chi connectivity index (χ4v) is 5.19. The first-order chi connectivity index (χ1) is 12.2. The van der Waals surface area contributed by atoms with Gasteiger partial charge in [0.05, 0.1) is 0 Å². The van der Waals surface area contributed by atoms with Crippen molar-refractivity contribution in [2.75, 3.05) is 0 Å². The minimum atomic E-state index is 0.0588. The SMILES string of the molecule is Bc1ccc2c(c1)C(C)(C)c1cc3c(cc1-2)C(C)(C)c1cc(B)ccc1-3. The molecular weight excluding hydrogens is 310 g/mol. The molecule has 3 aromatic carbocycles. The van der Waals surface area contributed by atoms with Crippen LogP contribution in [0.5, 0.6) is 0 Å². The van der Waals surface area contributed by atoms with Crippen LogP contribution in [0.1, 0.15) is 49.9 Å². The zero-order valence-corrected chi connectivity index (χ0v) is 16.6. The molecule has 0 bridgehead atoms. The van der Waals surface area contributed by atoms with Gasteiger partial charge < -0.3 is 0 Å². The van der Waals surface area contributed by atoms with Crippen LogP contribution in [-0.4, -0.2) is 15.7 Å². The molecule has 0 heterocycles. The Morgan fingerprint density at radius 2 is 0.846 bits per heavy atom. The summed E-state index contributed by atoms with van der Waals surface area (Å²) in [4.78, 5) is 0. The third kappa shape index (κ3) is 1.83. The summed E-state index contributed by atoms with van der Waals surface area (Å²) in [5, 5.41) is 0. The molecule has 0 unspecified atom stereocenters. The molecule has 26 heavy (non-hydrogen) atoms.